The van der Waals surface area contributed by atoms with Gasteiger partial charge in [-0.2, -0.15) is 0 Å². The number of nitrogens with one attached hydrogen (secondary N) is 1. The standard InChI is InChI=1S/C22H32N4O5S/c1-10(6-11(2)27)16-17-12(3)19(18(22(30)31)26(17)21(16)29)32-14-7-15(24-8-14)20(28)25-5-4-13(23)9-25/h10,12-17,24H,4-9,23H2,1-3H3,(H,30,31)/t10-,12+,13+,14-,15-,16+,17+/m0/s1. The zero-order valence-corrected chi connectivity index (χ0v) is 19.6. The van der Waals surface area contributed by atoms with Crippen LogP contribution in [-0.2, 0) is 19.2 Å². The van der Waals surface area contributed by atoms with E-state index in [1.54, 1.807) is 4.90 Å². The maximum Gasteiger partial charge on any atom is 0.353 e. The second-order valence-electron chi connectivity index (χ2n) is 9.68. The van der Waals surface area contributed by atoms with E-state index in [0.717, 1.165) is 6.42 Å². The van der Waals surface area contributed by atoms with Crippen molar-refractivity contribution in [1.82, 2.24) is 15.1 Å². The van der Waals surface area contributed by atoms with Crippen molar-refractivity contribution in [2.24, 2.45) is 23.5 Å². The molecule has 4 aliphatic rings. The first-order valence-electron chi connectivity index (χ1n) is 11.3. The number of β-lactam (4-membered cyclic amide) rings is 1. The molecule has 0 bridgehead atoms. The Morgan fingerprint density at radius 1 is 1.34 bits per heavy atom. The first-order chi connectivity index (χ1) is 15.1. The van der Waals surface area contributed by atoms with Gasteiger partial charge in [0, 0.05) is 48.2 Å². The van der Waals surface area contributed by atoms with Gasteiger partial charge in [0.2, 0.25) is 11.8 Å². The third kappa shape index (κ3) is 3.97. The molecule has 0 aromatic heterocycles. The number of hydrogen-bond acceptors (Lipinski definition) is 7. The minimum Gasteiger partial charge on any atom is -0.477 e. The number of nitrogens with two attached hydrogens (primary N) is 1. The second kappa shape index (κ2) is 8.79. The van der Waals surface area contributed by atoms with Crippen LogP contribution in [0.2, 0.25) is 0 Å². The molecule has 0 aliphatic carbocycles. The molecule has 9 nitrogen and oxygen atoms in total. The fourth-order valence-corrected chi connectivity index (χ4v) is 7.19. The third-order valence-corrected chi connectivity index (χ3v) is 8.74. The Labute approximate surface area is 192 Å². The molecular formula is C22H32N4O5S. The number of rotatable bonds is 7. The quantitative estimate of drug-likeness (QED) is 0.461. The van der Waals surface area contributed by atoms with Crippen LogP contribution >= 0.6 is 11.8 Å². The molecule has 4 N–H and O–H groups in total. The van der Waals surface area contributed by atoms with E-state index in [2.05, 4.69) is 5.32 Å². The van der Waals surface area contributed by atoms with Crippen molar-refractivity contribution in [3.63, 3.8) is 0 Å². The topological polar surface area (TPSA) is 133 Å². The van der Waals surface area contributed by atoms with Gasteiger partial charge in [-0.25, -0.2) is 4.79 Å². The first-order valence-corrected chi connectivity index (χ1v) is 12.2. The Balaban J connectivity index is 1.45. The van der Waals surface area contributed by atoms with Crippen molar-refractivity contribution in [2.45, 2.75) is 63.4 Å². The largest absolute Gasteiger partial charge is 0.477 e. The Hall–Kier alpha value is -1.91. The van der Waals surface area contributed by atoms with Crippen LogP contribution in [0.1, 0.15) is 40.0 Å². The molecular weight excluding hydrogens is 432 g/mol. The average Bonchev–Trinajstić information content (AvgIpc) is 3.40. The van der Waals surface area contributed by atoms with E-state index in [1.807, 2.05) is 13.8 Å². The molecule has 0 aromatic carbocycles. The molecule has 2 amide bonds. The number of carboxylic acid groups (broad SMARTS) is 1. The van der Waals surface area contributed by atoms with Gasteiger partial charge in [0.25, 0.3) is 0 Å². The summed E-state index contributed by atoms with van der Waals surface area (Å²) in [5.41, 5.74) is 6.00. The molecule has 3 saturated heterocycles. The molecule has 32 heavy (non-hydrogen) atoms. The summed E-state index contributed by atoms with van der Waals surface area (Å²) >= 11 is 1.48. The normalized spacial score (nSPS) is 35.2. The summed E-state index contributed by atoms with van der Waals surface area (Å²) < 4.78 is 0. The molecule has 10 heteroatoms. The minimum absolute atomic E-state index is 0.0297. The number of Topliss-reactive ketones (excluding diaryl/α,β-unsaturated/α-hetero) is 1. The van der Waals surface area contributed by atoms with Crippen LogP contribution in [-0.4, -0.2) is 81.5 Å². The van der Waals surface area contributed by atoms with E-state index < -0.39 is 5.97 Å². The molecule has 3 fully saturated rings. The molecule has 0 aromatic rings. The van der Waals surface area contributed by atoms with Crippen LogP contribution in [0.25, 0.3) is 0 Å². The lowest BCUT2D eigenvalue weighted by Gasteiger charge is -2.47. The molecule has 4 rings (SSSR count). The van der Waals surface area contributed by atoms with Gasteiger partial charge in [0.05, 0.1) is 18.0 Å². The molecule has 4 heterocycles. The van der Waals surface area contributed by atoms with Crippen LogP contribution in [0.4, 0.5) is 0 Å². The Morgan fingerprint density at radius 3 is 2.66 bits per heavy atom. The maximum atomic E-state index is 12.9. The van der Waals surface area contributed by atoms with Crippen molar-refractivity contribution in [1.29, 1.82) is 0 Å². The van der Waals surface area contributed by atoms with Gasteiger partial charge in [0.15, 0.2) is 0 Å². The van der Waals surface area contributed by atoms with Gasteiger partial charge >= 0.3 is 5.97 Å². The highest BCUT2D eigenvalue weighted by molar-refractivity contribution is 8.03. The molecule has 176 valence electrons. The van der Waals surface area contributed by atoms with Gasteiger partial charge in [-0.05, 0) is 25.7 Å². The molecule has 4 aliphatic heterocycles. The van der Waals surface area contributed by atoms with Crippen LogP contribution in [0.5, 0.6) is 0 Å². The fraction of sp³-hybridized carbons (Fsp3) is 0.727. The van der Waals surface area contributed by atoms with E-state index in [1.165, 1.54) is 23.6 Å². The van der Waals surface area contributed by atoms with Gasteiger partial charge in [-0.3, -0.25) is 9.59 Å². The second-order valence-corrected chi connectivity index (χ2v) is 11.0. The molecule has 0 spiro atoms. The van der Waals surface area contributed by atoms with Crippen molar-refractivity contribution >= 4 is 35.3 Å². The summed E-state index contributed by atoms with van der Waals surface area (Å²) in [6, 6.07) is -0.470. The number of carbonyl (C=O) groups excluding carboxylic acids is 3. The van der Waals surface area contributed by atoms with Gasteiger partial charge in [-0.15, -0.1) is 11.8 Å². The van der Waals surface area contributed by atoms with Crippen molar-refractivity contribution in [3.05, 3.63) is 10.6 Å². The average molecular weight is 465 g/mol. The maximum absolute atomic E-state index is 12.9. The molecule has 0 unspecified atom stereocenters. The van der Waals surface area contributed by atoms with E-state index in [-0.39, 0.29) is 64.4 Å². The summed E-state index contributed by atoms with van der Waals surface area (Å²) in [6.07, 6.45) is 1.74. The fourth-order valence-electron chi connectivity index (χ4n) is 5.72. The Kier molecular flexibility index (Phi) is 6.39. The number of thioether (sulfide) groups is 1. The third-order valence-electron chi connectivity index (χ3n) is 7.23. The van der Waals surface area contributed by atoms with Crippen LogP contribution < -0.4 is 11.1 Å². The number of hydrogen-bond donors (Lipinski definition) is 3. The number of fused-ring (bicyclic) bond motifs is 1. The number of carbonyl (C=O) groups is 4. The lowest BCUT2D eigenvalue weighted by atomic mass is 9.73. The highest BCUT2D eigenvalue weighted by atomic mass is 32.2. The number of carboxylic acids is 1. The van der Waals surface area contributed by atoms with Crippen LogP contribution in [0.3, 0.4) is 0 Å². The zero-order valence-electron chi connectivity index (χ0n) is 18.7. The summed E-state index contributed by atoms with van der Waals surface area (Å²) in [4.78, 5) is 53.2. The summed E-state index contributed by atoms with van der Waals surface area (Å²) in [5, 5.41) is 13.2. The van der Waals surface area contributed by atoms with E-state index in [0.29, 0.717) is 37.4 Å². The number of ketones is 1. The zero-order chi connectivity index (χ0) is 23.3. The van der Waals surface area contributed by atoms with Crippen LogP contribution in [0, 0.1) is 17.8 Å². The van der Waals surface area contributed by atoms with E-state index in [9.17, 15) is 24.3 Å². The lowest BCUT2D eigenvalue weighted by molar-refractivity contribution is -0.160. The number of nitrogens with zero attached hydrogens (tertiary/aromatic N) is 2. The molecule has 0 radical (unpaired) electrons. The van der Waals surface area contributed by atoms with E-state index >= 15 is 0 Å². The summed E-state index contributed by atoms with van der Waals surface area (Å²) in [5.74, 6) is -1.78. The number of likely N-dealkylation sites (tertiary alicyclic amines) is 1. The predicted molar refractivity (Wildman–Crippen MR) is 119 cm³/mol. The SMILES string of the molecule is CC(=O)C[C@H](C)[C@H]1C(=O)N2C(C(=O)O)=C(S[C@@H]3CN[C@H](C(=O)N4CC[C@@H](N)C4)C3)[C@H](C)[C@H]12. The Morgan fingerprint density at radius 2 is 2.06 bits per heavy atom. The number of aliphatic carboxylic acids is 1. The van der Waals surface area contributed by atoms with Crippen LogP contribution in [0.15, 0.2) is 10.6 Å². The monoisotopic (exact) mass is 464 g/mol. The van der Waals surface area contributed by atoms with E-state index in [4.69, 9.17) is 5.73 Å². The molecule has 7 atom stereocenters. The highest BCUT2D eigenvalue weighted by Crippen LogP contribution is 2.53. The first kappa shape index (κ1) is 23.3. The van der Waals surface area contributed by atoms with Crippen molar-refractivity contribution in [3.8, 4) is 0 Å². The smallest absolute Gasteiger partial charge is 0.353 e. The van der Waals surface area contributed by atoms with Gasteiger partial charge < -0.3 is 30.8 Å². The summed E-state index contributed by atoms with van der Waals surface area (Å²) in [6.45, 7) is 7.23. The van der Waals surface area contributed by atoms with Crippen molar-refractivity contribution in [2.75, 3.05) is 19.6 Å². The number of amides is 2. The van der Waals surface area contributed by atoms with Crippen molar-refractivity contribution < 1.29 is 24.3 Å². The Bertz CT molecular complexity index is 876. The van der Waals surface area contributed by atoms with Gasteiger partial charge in [0.1, 0.15) is 11.5 Å². The highest BCUT2D eigenvalue weighted by Gasteiger charge is 2.60. The predicted octanol–water partition coefficient (Wildman–Crippen LogP) is 0.398. The lowest BCUT2D eigenvalue weighted by Crippen LogP contribution is -2.62. The minimum atomic E-state index is -1.10. The molecule has 0 saturated carbocycles. The van der Waals surface area contributed by atoms with Gasteiger partial charge in [-0.1, -0.05) is 13.8 Å². The summed E-state index contributed by atoms with van der Waals surface area (Å²) in [7, 11) is 0.